The molecule has 0 aliphatic carbocycles. The number of carbonyl (C=O) groups excluding carboxylic acids is 1. The number of hydrogen-bond acceptors (Lipinski definition) is 4. The highest BCUT2D eigenvalue weighted by Gasteiger charge is 2.11. The Labute approximate surface area is 163 Å². The van der Waals surface area contributed by atoms with Crippen LogP contribution in [0.1, 0.15) is 0 Å². The second kappa shape index (κ2) is 8.10. The Balaban J connectivity index is 1.79. The van der Waals surface area contributed by atoms with E-state index in [2.05, 4.69) is 5.32 Å². The summed E-state index contributed by atoms with van der Waals surface area (Å²) in [6.07, 6.45) is 2.65. The Hall–Kier alpha value is -3.39. The van der Waals surface area contributed by atoms with Gasteiger partial charge in [-0.25, -0.2) is 4.39 Å². The maximum atomic E-state index is 13.0. The van der Waals surface area contributed by atoms with E-state index in [1.54, 1.807) is 12.1 Å². The first-order valence-electron chi connectivity index (χ1n) is 8.10. The number of hydrogen-bond donors (Lipinski definition) is 1. The van der Waals surface area contributed by atoms with Gasteiger partial charge in [0.25, 0.3) is 0 Å². The molecule has 0 radical (unpaired) electrons. The molecule has 1 aromatic heterocycles. The van der Waals surface area contributed by atoms with E-state index in [0.29, 0.717) is 22.1 Å². The first-order valence-corrected chi connectivity index (χ1v) is 8.48. The molecule has 0 aliphatic heterocycles. The SMILES string of the molecule is COc1ccc(NC(=O)Cn2ccn(-c3ccc(F)cc3)c(=O)c2=O)cc1Cl. The minimum absolute atomic E-state index is 0.319. The molecule has 7 nitrogen and oxygen atoms in total. The minimum atomic E-state index is -0.880. The van der Waals surface area contributed by atoms with Crippen molar-refractivity contribution in [3.05, 3.63) is 86.4 Å². The van der Waals surface area contributed by atoms with E-state index < -0.39 is 22.8 Å². The lowest BCUT2D eigenvalue weighted by Gasteiger charge is -2.10. The summed E-state index contributed by atoms with van der Waals surface area (Å²) in [6, 6.07) is 9.81. The molecular weight excluding hydrogens is 389 g/mol. The first-order chi connectivity index (χ1) is 13.4. The van der Waals surface area contributed by atoms with Gasteiger partial charge in [0.2, 0.25) is 5.91 Å². The van der Waals surface area contributed by atoms with Crippen molar-refractivity contribution in [3.63, 3.8) is 0 Å². The monoisotopic (exact) mass is 403 g/mol. The van der Waals surface area contributed by atoms with Crippen molar-refractivity contribution < 1.29 is 13.9 Å². The number of ether oxygens (including phenoxy) is 1. The summed E-state index contributed by atoms with van der Waals surface area (Å²) in [5.74, 6) is -0.511. The third-order valence-corrected chi connectivity index (χ3v) is 4.21. The van der Waals surface area contributed by atoms with Crippen molar-refractivity contribution in [2.24, 2.45) is 0 Å². The molecule has 0 aliphatic rings. The van der Waals surface area contributed by atoms with Crippen LogP contribution < -0.4 is 21.2 Å². The number of methoxy groups -OCH3 is 1. The van der Waals surface area contributed by atoms with Crippen LogP contribution in [0.5, 0.6) is 5.75 Å². The summed E-state index contributed by atoms with van der Waals surface area (Å²) in [5, 5.41) is 2.91. The lowest BCUT2D eigenvalue weighted by molar-refractivity contribution is -0.116. The molecule has 9 heteroatoms. The van der Waals surface area contributed by atoms with E-state index in [1.165, 1.54) is 49.8 Å². The van der Waals surface area contributed by atoms with Gasteiger partial charge in [-0.1, -0.05) is 11.6 Å². The highest BCUT2D eigenvalue weighted by molar-refractivity contribution is 6.32. The van der Waals surface area contributed by atoms with Crippen LogP contribution in [0.15, 0.2) is 64.4 Å². The predicted molar refractivity (Wildman–Crippen MR) is 103 cm³/mol. The molecular formula is C19H15ClFN3O4. The lowest BCUT2D eigenvalue weighted by Crippen LogP contribution is -2.41. The average Bonchev–Trinajstić information content (AvgIpc) is 2.67. The zero-order valence-electron chi connectivity index (χ0n) is 14.7. The second-order valence-corrected chi connectivity index (χ2v) is 6.19. The summed E-state index contributed by atoms with van der Waals surface area (Å²) < 4.78 is 20.1. The van der Waals surface area contributed by atoms with Crippen LogP contribution in [0.3, 0.4) is 0 Å². The Morgan fingerprint density at radius 1 is 1.11 bits per heavy atom. The topological polar surface area (TPSA) is 82.3 Å². The number of nitrogens with zero attached hydrogens (tertiary/aromatic N) is 2. The van der Waals surface area contributed by atoms with Gasteiger partial charge in [-0.05, 0) is 42.5 Å². The van der Waals surface area contributed by atoms with Crippen LogP contribution in [-0.2, 0) is 11.3 Å². The van der Waals surface area contributed by atoms with Crippen molar-refractivity contribution in [1.29, 1.82) is 0 Å². The fourth-order valence-corrected chi connectivity index (χ4v) is 2.80. The molecule has 0 fully saturated rings. The van der Waals surface area contributed by atoms with Gasteiger partial charge in [-0.15, -0.1) is 0 Å². The summed E-state index contributed by atoms with van der Waals surface area (Å²) in [5.41, 5.74) is -0.972. The molecule has 3 rings (SSSR count). The van der Waals surface area contributed by atoms with Gasteiger partial charge in [0.15, 0.2) is 0 Å². The zero-order valence-corrected chi connectivity index (χ0v) is 15.4. The Morgan fingerprint density at radius 3 is 2.46 bits per heavy atom. The van der Waals surface area contributed by atoms with Gasteiger partial charge >= 0.3 is 11.1 Å². The molecule has 1 heterocycles. The molecule has 1 amide bonds. The Bertz CT molecular complexity index is 1140. The molecule has 3 aromatic rings. The summed E-state index contributed by atoms with van der Waals surface area (Å²) in [6.45, 7) is -0.359. The van der Waals surface area contributed by atoms with Crippen molar-refractivity contribution in [3.8, 4) is 11.4 Å². The summed E-state index contributed by atoms with van der Waals surface area (Å²) in [4.78, 5) is 36.8. The van der Waals surface area contributed by atoms with Crippen molar-refractivity contribution in [2.45, 2.75) is 6.54 Å². The van der Waals surface area contributed by atoms with Crippen molar-refractivity contribution >= 4 is 23.2 Å². The molecule has 0 spiro atoms. The number of anilines is 1. The van der Waals surface area contributed by atoms with E-state index in [1.807, 2.05) is 0 Å². The molecule has 0 saturated heterocycles. The third-order valence-electron chi connectivity index (χ3n) is 3.91. The van der Waals surface area contributed by atoms with E-state index in [4.69, 9.17) is 16.3 Å². The molecule has 1 N–H and O–H groups in total. The molecule has 0 atom stereocenters. The van der Waals surface area contributed by atoms with Crippen LogP contribution >= 0.6 is 11.6 Å². The standard InChI is InChI=1S/C19H15ClFN3O4/c1-28-16-7-4-13(10-15(16)20)22-17(25)11-23-8-9-24(19(27)18(23)26)14-5-2-12(21)3-6-14/h2-10H,11H2,1H3,(H,22,25). The largest absolute Gasteiger partial charge is 0.495 e. The molecule has 144 valence electrons. The molecule has 0 unspecified atom stereocenters. The summed E-state index contributed by atoms with van der Waals surface area (Å²) >= 11 is 6.01. The zero-order chi connectivity index (χ0) is 20.3. The maximum absolute atomic E-state index is 13.0. The van der Waals surface area contributed by atoms with Gasteiger partial charge in [0.1, 0.15) is 18.1 Å². The molecule has 28 heavy (non-hydrogen) atoms. The fourth-order valence-electron chi connectivity index (χ4n) is 2.54. The van der Waals surface area contributed by atoms with E-state index >= 15 is 0 Å². The molecule has 0 bridgehead atoms. The van der Waals surface area contributed by atoms with Gasteiger partial charge in [0.05, 0.1) is 12.1 Å². The first kappa shape index (κ1) is 19.4. The Morgan fingerprint density at radius 2 is 1.82 bits per heavy atom. The number of aromatic nitrogens is 2. The number of carbonyl (C=O) groups is 1. The molecule has 2 aromatic carbocycles. The maximum Gasteiger partial charge on any atom is 0.320 e. The van der Waals surface area contributed by atoms with Crippen LogP contribution in [0, 0.1) is 5.82 Å². The smallest absolute Gasteiger partial charge is 0.320 e. The van der Waals surface area contributed by atoms with Gasteiger partial charge in [-0.2, -0.15) is 0 Å². The minimum Gasteiger partial charge on any atom is -0.495 e. The average molecular weight is 404 g/mol. The van der Waals surface area contributed by atoms with Crippen LogP contribution in [0.2, 0.25) is 5.02 Å². The van der Waals surface area contributed by atoms with E-state index in [-0.39, 0.29) is 6.54 Å². The van der Waals surface area contributed by atoms with Crippen LogP contribution in [0.4, 0.5) is 10.1 Å². The predicted octanol–water partition coefficient (Wildman–Crippen LogP) is 2.44. The third kappa shape index (κ3) is 4.12. The fraction of sp³-hybridized carbons (Fsp3) is 0.105. The normalized spacial score (nSPS) is 10.5. The quantitative estimate of drug-likeness (QED) is 0.663. The van der Waals surface area contributed by atoms with E-state index in [9.17, 15) is 18.8 Å². The van der Waals surface area contributed by atoms with Gasteiger partial charge in [-0.3, -0.25) is 23.5 Å². The van der Waals surface area contributed by atoms with Crippen LogP contribution in [-0.4, -0.2) is 22.2 Å². The lowest BCUT2D eigenvalue weighted by atomic mass is 10.3. The Kier molecular flexibility index (Phi) is 5.60. The van der Waals surface area contributed by atoms with Gasteiger partial charge in [0, 0.05) is 23.8 Å². The highest BCUT2D eigenvalue weighted by atomic mass is 35.5. The summed E-state index contributed by atoms with van der Waals surface area (Å²) in [7, 11) is 1.47. The number of benzene rings is 2. The van der Waals surface area contributed by atoms with E-state index in [0.717, 1.165) is 9.13 Å². The van der Waals surface area contributed by atoms with Crippen molar-refractivity contribution in [2.75, 3.05) is 12.4 Å². The number of rotatable bonds is 5. The second-order valence-electron chi connectivity index (χ2n) is 5.78. The molecule has 0 saturated carbocycles. The number of amides is 1. The highest BCUT2D eigenvalue weighted by Crippen LogP contribution is 2.27. The number of nitrogens with one attached hydrogen (secondary N) is 1. The number of halogens is 2. The van der Waals surface area contributed by atoms with Crippen LogP contribution in [0.25, 0.3) is 5.69 Å². The van der Waals surface area contributed by atoms with Gasteiger partial charge < -0.3 is 10.1 Å². The van der Waals surface area contributed by atoms with Crippen molar-refractivity contribution in [1.82, 2.24) is 9.13 Å².